The molecule has 0 aromatic rings. The molecule has 0 aliphatic carbocycles. The van der Waals surface area contributed by atoms with Gasteiger partial charge in [-0.3, -0.25) is 9.59 Å². The third-order valence-electron chi connectivity index (χ3n) is 18.7. The van der Waals surface area contributed by atoms with Crippen LogP contribution >= 0.6 is 0 Å². The van der Waals surface area contributed by atoms with E-state index >= 15 is 0 Å². The number of rotatable bonds is 74. The van der Waals surface area contributed by atoms with Crippen molar-refractivity contribution in [3.8, 4) is 0 Å². The molecule has 83 heavy (non-hydrogen) atoms. The van der Waals surface area contributed by atoms with Crippen LogP contribution in [0.2, 0.25) is 0 Å². The molecule has 0 heterocycles. The van der Waals surface area contributed by atoms with Gasteiger partial charge in [-0.05, 0) is 25.7 Å². The lowest BCUT2D eigenvalue weighted by Crippen LogP contribution is -2.45. The maximum absolute atomic E-state index is 12.6. The number of carbonyl (C=O) groups excluding carboxylic acids is 2. The van der Waals surface area contributed by atoms with E-state index in [-0.39, 0.29) is 18.5 Å². The minimum absolute atomic E-state index is 0.0233. The van der Waals surface area contributed by atoms with Crippen molar-refractivity contribution in [1.29, 1.82) is 0 Å². The SMILES string of the molecule is CCCCCCCCCCCCCCCCCCCCCCCCC(O)C(CO)NC(=O)CCCCCCCCCCCCCCCCCCCCCCCCCCCCCCCCCCOC(=O)CCCCCCCCCCCCCC. The molecule has 0 saturated carbocycles. The summed E-state index contributed by atoms with van der Waals surface area (Å²) in [5.74, 6) is -0.000987. The Bertz CT molecular complexity index is 1210. The molecule has 496 valence electrons. The largest absolute Gasteiger partial charge is 0.466 e. The zero-order chi connectivity index (χ0) is 59.9. The van der Waals surface area contributed by atoms with Crippen molar-refractivity contribution in [1.82, 2.24) is 5.32 Å². The van der Waals surface area contributed by atoms with Crippen LogP contribution in [-0.4, -0.2) is 47.4 Å². The lowest BCUT2D eigenvalue weighted by molar-refractivity contribution is -0.143. The number of aliphatic hydroxyl groups is 2. The van der Waals surface area contributed by atoms with Crippen molar-refractivity contribution >= 4 is 11.9 Å². The quantitative estimate of drug-likeness (QED) is 0.0417. The summed E-state index contributed by atoms with van der Waals surface area (Å²) < 4.78 is 5.49. The highest BCUT2D eigenvalue weighted by atomic mass is 16.5. The first kappa shape index (κ1) is 81.9. The molecule has 6 nitrogen and oxygen atoms in total. The van der Waals surface area contributed by atoms with Crippen LogP contribution < -0.4 is 5.32 Å². The number of hydrogen-bond donors (Lipinski definition) is 3. The number of carbonyl (C=O) groups is 2. The van der Waals surface area contributed by atoms with Crippen molar-refractivity contribution in [2.75, 3.05) is 13.2 Å². The smallest absolute Gasteiger partial charge is 0.305 e. The predicted octanol–water partition coefficient (Wildman–Crippen LogP) is 25.3. The van der Waals surface area contributed by atoms with Crippen LogP contribution in [-0.2, 0) is 14.3 Å². The molecule has 6 heteroatoms. The van der Waals surface area contributed by atoms with Crippen LogP contribution in [0, 0.1) is 0 Å². The Kier molecular flexibility index (Phi) is 72.3. The van der Waals surface area contributed by atoms with Crippen molar-refractivity contribution in [2.24, 2.45) is 0 Å². The summed E-state index contributed by atoms with van der Waals surface area (Å²) in [5, 5.41) is 23.5. The first-order valence-corrected chi connectivity index (χ1v) is 38.8. The van der Waals surface area contributed by atoms with Gasteiger partial charge < -0.3 is 20.3 Å². The van der Waals surface area contributed by atoms with Crippen LogP contribution in [0.25, 0.3) is 0 Å². The molecule has 0 aromatic heterocycles. The molecule has 2 unspecified atom stereocenters. The number of nitrogens with one attached hydrogen (secondary N) is 1. The van der Waals surface area contributed by atoms with Crippen molar-refractivity contribution < 1.29 is 24.5 Å². The fourth-order valence-corrected chi connectivity index (χ4v) is 12.8. The predicted molar refractivity (Wildman–Crippen MR) is 366 cm³/mol. The maximum atomic E-state index is 12.6. The summed E-state index contributed by atoms with van der Waals surface area (Å²) in [7, 11) is 0. The second kappa shape index (κ2) is 73.3. The van der Waals surface area contributed by atoms with E-state index < -0.39 is 12.1 Å². The number of esters is 1. The molecular weight excluding hydrogens is 1020 g/mol. The average molecular weight is 1170 g/mol. The highest BCUT2D eigenvalue weighted by Gasteiger charge is 2.20. The van der Waals surface area contributed by atoms with Crippen molar-refractivity contribution in [3.05, 3.63) is 0 Å². The molecule has 0 bridgehead atoms. The third-order valence-corrected chi connectivity index (χ3v) is 18.7. The van der Waals surface area contributed by atoms with Gasteiger partial charge in [-0.25, -0.2) is 0 Å². The Morgan fingerprint density at radius 3 is 0.735 bits per heavy atom. The van der Waals surface area contributed by atoms with E-state index in [1.807, 2.05) is 0 Å². The zero-order valence-electron chi connectivity index (χ0n) is 57.0. The summed E-state index contributed by atoms with van der Waals surface area (Å²) in [6.07, 6.45) is 90.5. The Hall–Kier alpha value is -1.14. The molecule has 0 radical (unpaired) electrons. The lowest BCUT2D eigenvalue weighted by atomic mass is 10.0. The number of unbranched alkanes of at least 4 members (excludes halogenated alkanes) is 63. The molecule has 0 aliphatic heterocycles. The Morgan fingerprint density at radius 1 is 0.289 bits per heavy atom. The molecular formula is C77H153NO5. The van der Waals surface area contributed by atoms with Crippen LogP contribution in [0.5, 0.6) is 0 Å². The monoisotopic (exact) mass is 1170 g/mol. The minimum atomic E-state index is -0.661. The molecule has 0 saturated heterocycles. The molecule has 3 N–H and O–H groups in total. The topological polar surface area (TPSA) is 95.9 Å². The lowest BCUT2D eigenvalue weighted by Gasteiger charge is -2.22. The molecule has 0 spiro atoms. The summed E-state index contributed by atoms with van der Waals surface area (Å²) in [6.45, 7) is 5.01. The van der Waals surface area contributed by atoms with Gasteiger partial charge in [-0.2, -0.15) is 0 Å². The number of hydrogen-bond acceptors (Lipinski definition) is 5. The molecule has 0 rings (SSSR count). The number of aliphatic hydroxyl groups excluding tert-OH is 2. The summed E-state index contributed by atoms with van der Waals surface area (Å²) >= 11 is 0. The highest BCUT2D eigenvalue weighted by Crippen LogP contribution is 2.20. The van der Waals surface area contributed by atoms with E-state index in [0.717, 1.165) is 38.5 Å². The van der Waals surface area contributed by atoms with Crippen LogP contribution in [0.1, 0.15) is 457 Å². The van der Waals surface area contributed by atoms with E-state index in [4.69, 9.17) is 4.74 Å². The molecule has 0 fully saturated rings. The Balaban J connectivity index is 3.32. The Morgan fingerprint density at radius 2 is 0.494 bits per heavy atom. The van der Waals surface area contributed by atoms with E-state index in [1.54, 1.807) is 0 Å². The van der Waals surface area contributed by atoms with Gasteiger partial charge >= 0.3 is 5.97 Å². The maximum Gasteiger partial charge on any atom is 0.305 e. The fraction of sp³-hybridized carbons (Fsp3) is 0.974. The van der Waals surface area contributed by atoms with Crippen molar-refractivity contribution in [2.45, 2.75) is 469 Å². The molecule has 2 atom stereocenters. The molecule has 0 aliphatic rings. The van der Waals surface area contributed by atoms with E-state index in [2.05, 4.69) is 19.2 Å². The summed E-state index contributed by atoms with van der Waals surface area (Å²) in [4.78, 5) is 24.6. The Labute approximate surface area is 521 Å². The number of amides is 1. The van der Waals surface area contributed by atoms with Crippen LogP contribution in [0.3, 0.4) is 0 Å². The number of ether oxygens (including phenoxy) is 1. The van der Waals surface area contributed by atoms with Gasteiger partial charge in [0.2, 0.25) is 5.91 Å². The van der Waals surface area contributed by atoms with Crippen molar-refractivity contribution in [3.63, 3.8) is 0 Å². The standard InChI is InChI=1S/C77H153NO5/c1-3-5-7-9-11-13-15-17-18-19-20-21-34-37-40-43-46-49-53-57-61-65-69-75(80)74(73-79)78-76(81)70-66-62-58-54-50-47-44-41-38-35-32-30-28-26-24-22-23-25-27-29-31-33-36-39-42-45-48-52-56-60-64-68-72-83-77(82)71-67-63-59-55-51-16-14-12-10-8-6-4-2/h74-75,79-80H,3-73H2,1-2H3,(H,78,81). The average Bonchev–Trinajstić information content (AvgIpc) is 3.49. The molecule has 1 amide bonds. The van der Waals surface area contributed by atoms with E-state index in [0.29, 0.717) is 25.9 Å². The fourth-order valence-electron chi connectivity index (χ4n) is 12.8. The van der Waals surface area contributed by atoms with E-state index in [1.165, 1.54) is 385 Å². The van der Waals surface area contributed by atoms with Gasteiger partial charge in [-0.15, -0.1) is 0 Å². The summed E-state index contributed by atoms with van der Waals surface area (Å²) in [6, 6.07) is -0.538. The summed E-state index contributed by atoms with van der Waals surface area (Å²) in [5.41, 5.74) is 0. The highest BCUT2D eigenvalue weighted by molar-refractivity contribution is 5.76. The van der Waals surface area contributed by atoms with Gasteiger partial charge in [0.05, 0.1) is 25.4 Å². The van der Waals surface area contributed by atoms with Gasteiger partial charge in [-0.1, -0.05) is 418 Å². The second-order valence-corrected chi connectivity index (χ2v) is 27.1. The van der Waals surface area contributed by atoms with Gasteiger partial charge in [0, 0.05) is 12.8 Å². The van der Waals surface area contributed by atoms with E-state index in [9.17, 15) is 19.8 Å². The normalized spacial score (nSPS) is 12.4. The zero-order valence-corrected chi connectivity index (χ0v) is 57.0. The van der Waals surface area contributed by atoms with Crippen LogP contribution in [0.15, 0.2) is 0 Å². The first-order chi connectivity index (χ1) is 41.0. The first-order valence-electron chi connectivity index (χ1n) is 38.8. The minimum Gasteiger partial charge on any atom is -0.466 e. The van der Waals surface area contributed by atoms with Gasteiger partial charge in [0.15, 0.2) is 0 Å². The van der Waals surface area contributed by atoms with Crippen LogP contribution in [0.4, 0.5) is 0 Å². The second-order valence-electron chi connectivity index (χ2n) is 27.1. The molecule has 0 aromatic carbocycles. The van der Waals surface area contributed by atoms with Gasteiger partial charge in [0.1, 0.15) is 0 Å². The van der Waals surface area contributed by atoms with Gasteiger partial charge in [0.25, 0.3) is 0 Å². The third kappa shape index (κ3) is 69.8.